The number of benzene rings is 7. The predicted molar refractivity (Wildman–Crippen MR) is 172 cm³/mol. The number of nitrogens with zero attached hydrogens (tertiary/aromatic N) is 4. The van der Waals surface area contributed by atoms with Crippen LogP contribution in [0.1, 0.15) is 0 Å². The molecule has 0 aliphatic heterocycles. The van der Waals surface area contributed by atoms with Crippen LogP contribution in [0, 0.1) is 0 Å². The molecule has 198 valence electrons. The zero-order valence-electron chi connectivity index (χ0n) is 22.2. The normalized spacial score (nSPS) is 12.9. The molecule has 11 aromatic rings. The SMILES string of the molecule is O=c1c2ccc3c4c(O)cc5c(=O)n6c7ccccc7nc6c6ccc(c7ccc(c2c73)c2nc3ccccc3n12)c4c56. The molecule has 0 aliphatic rings. The molecule has 0 saturated heterocycles. The quantitative estimate of drug-likeness (QED) is 0.163. The molecule has 0 aliphatic carbocycles. The van der Waals surface area contributed by atoms with Crippen molar-refractivity contribution < 1.29 is 5.11 Å². The maximum Gasteiger partial charge on any atom is 0.264 e. The summed E-state index contributed by atoms with van der Waals surface area (Å²) in [7, 11) is 0. The number of phenols is 1. The van der Waals surface area contributed by atoms with Crippen molar-refractivity contribution in [3.63, 3.8) is 0 Å². The molecule has 4 heterocycles. The Morgan fingerprint density at radius 2 is 0.930 bits per heavy atom. The minimum absolute atomic E-state index is 0.0304. The van der Waals surface area contributed by atoms with E-state index in [1.54, 1.807) is 14.9 Å². The van der Waals surface area contributed by atoms with E-state index in [4.69, 9.17) is 9.97 Å². The minimum Gasteiger partial charge on any atom is -0.507 e. The minimum atomic E-state index is -0.212. The summed E-state index contributed by atoms with van der Waals surface area (Å²) in [6.07, 6.45) is 0. The average molecular weight is 553 g/mol. The second kappa shape index (κ2) is 6.86. The van der Waals surface area contributed by atoms with Crippen molar-refractivity contribution in [3.8, 4) is 5.75 Å². The maximum absolute atomic E-state index is 14.0. The standard InChI is InChI=1S/C36H16N4O3/c41-27-15-22-30-20(34-38-24-6-2-4-8-26(24)40(34)36(22)43)13-10-17-16-9-12-19-29-21(14-11-18(28(16)29)31(27)32(17)30)35(42)39-25-7-3-1-5-23(25)37-33(19)39/h1-15,41H. The van der Waals surface area contributed by atoms with Gasteiger partial charge in [-0.2, -0.15) is 0 Å². The van der Waals surface area contributed by atoms with Crippen molar-refractivity contribution in [1.82, 2.24) is 18.8 Å². The maximum atomic E-state index is 14.0. The van der Waals surface area contributed by atoms with Crippen LogP contribution in [-0.2, 0) is 0 Å². The third-order valence-corrected chi connectivity index (χ3v) is 9.45. The summed E-state index contributed by atoms with van der Waals surface area (Å²) in [5.74, 6) is 0.0304. The topological polar surface area (TPSA) is 89.0 Å². The van der Waals surface area contributed by atoms with Gasteiger partial charge in [-0.1, -0.05) is 42.5 Å². The number of aromatic nitrogens is 4. The van der Waals surface area contributed by atoms with Gasteiger partial charge in [0.25, 0.3) is 11.1 Å². The van der Waals surface area contributed by atoms with E-state index in [0.717, 1.165) is 70.5 Å². The van der Waals surface area contributed by atoms with Crippen molar-refractivity contribution in [1.29, 1.82) is 0 Å². The summed E-state index contributed by atoms with van der Waals surface area (Å²) < 4.78 is 3.35. The molecular weight excluding hydrogens is 536 g/mol. The van der Waals surface area contributed by atoms with Crippen LogP contribution >= 0.6 is 0 Å². The van der Waals surface area contributed by atoms with Crippen LogP contribution in [0.15, 0.2) is 101 Å². The van der Waals surface area contributed by atoms with Crippen molar-refractivity contribution in [2.45, 2.75) is 0 Å². The van der Waals surface area contributed by atoms with Crippen LogP contribution < -0.4 is 11.1 Å². The van der Waals surface area contributed by atoms with E-state index in [1.165, 1.54) is 0 Å². The number of fused-ring (bicyclic) bond motifs is 10. The Labute approximate surface area is 239 Å². The Bertz CT molecular complexity index is 3180. The molecule has 0 amide bonds. The first kappa shape index (κ1) is 21.6. The molecule has 43 heavy (non-hydrogen) atoms. The van der Waals surface area contributed by atoms with E-state index in [9.17, 15) is 14.7 Å². The molecule has 0 radical (unpaired) electrons. The third-order valence-electron chi connectivity index (χ3n) is 9.45. The van der Waals surface area contributed by atoms with E-state index >= 15 is 0 Å². The zero-order chi connectivity index (χ0) is 28.3. The van der Waals surface area contributed by atoms with Gasteiger partial charge in [-0.15, -0.1) is 0 Å². The first-order valence-electron chi connectivity index (χ1n) is 14.1. The molecule has 7 aromatic carbocycles. The number of rotatable bonds is 0. The first-order valence-corrected chi connectivity index (χ1v) is 14.1. The Balaban J connectivity index is 1.42. The highest BCUT2D eigenvalue weighted by molar-refractivity contribution is 6.41. The Morgan fingerprint density at radius 1 is 0.465 bits per heavy atom. The number of para-hydroxylation sites is 4. The van der Waals surface area contributed by atoms with Crippen LogP contribution in [0.25, 0.3) is 98.0 Å². The lowest BCUT2D eigenvalue weighted by Gasteiger charge is -2.19. The van der Waals surface area contributed by atoms with Crippen molar-refractivity contribution in [2.75, 3.05) is 0 Å². The number of phenolic OH excluding ortho intramolecular Hbond substituents is 1. The van der Waals surface area contributed by atoms with E-state index in [2.05, 4.69) is 12.1 Å². The molecule has 7 heteroatoms. The molecule has 0 atom stereocenters. The molecule has 0 saturated carbocycles. The third kappa shape index (κ3) is 2.27. The fourth-order valence-electron chi connectivity index (χ4n) is 7.76. The van der Waals surface area contributed by atoms with Crippen molar-refractivity contribution in [3.05, 3.63) is 112 Å². The molecule has 0 fully saturated rings. The molecule has 0 unspecified atom stereocenters. The van der Waals surface area contributed by atoms with Gasteiger partial charge >= 0.3 is 0 Å². The molecule has 0 bridgehead atoms. The largest absolute Gasteiger partial charge is 0.507 e. The molecule has 1 N–H and O–H groups in total. The first-order chi connectivity index (χ1) is 21.1. The summed E-state index contributed by atoms with van der Waals surface area (Å²) in [5, 5.41) is 21.1. The van der Waals surface area contributed by atoms with E-state index < -0.39 is 0 Å². The summed E-state index contributed by atoms with van der Waals surface area (Å²) in [4.78, 5) is 37.7. The lowest BCUT2D eigenvalue weighted by atomic mass is 9.85. The Morgan fingerprint density at radius 3 is 1.58 bits per heavy atom. The molecule has 7 nitrogen and oxygen atoms in total. The second-order valence-corrected chi connectivity index (χ2v) is 11.4. The average Bonchev–Trinajstić information content (AvgIpc) is 3.62. The zero-order valence-corrected chi connectivity index (χ0v) is 22.2. The lowest BCUT2D eigenvalue weighted by molar-refractivity contribution is 0.482. The highest BCUT2D eigenvalue weighted by Crippen LogP contribution is 2.48. The van der Waals surface area contributed by atoms with Gasteiger partial charge in [0.2, 0.25) is 0 Å². The summed E-state index contributed by atoms with van der Waals surface area (Å²) in [6, 6.07) is 28.9. The van der Waals surface area contributed by atoms with Gasteiger partial charge in [0.1, 0.15) is 17.0 Å². The van der Waals surface area contributed by atoms with Gasteiger partial charge in [-0.05, 0) is 70.1 Å². The highest BCUT2D eigenvalue weighted by atomic mass is 16.3. The van der Waals surface area contributed by atoms with Gasteiger partial charge in [0, 0.05) is 37.7 Å². The van der Waals surface area contributed by atoms with Gasteiger partial charge in [-0.3, -0.25) is 18.4 Å². The summed E-state index contributed by atoms with van der Waals surface area (Å²) in [6.45, 7) is 0. The molecule has 0 spiro atoms. The summed E-state index contributed by atoms with van der Waals surface area (Å²) in [5.41, 5.74) is 3.91. The van der Waals surface area contributed by atoms with Crippen LogP contribution in [0.2, 0.25) is 0 Å². The Kier molecular flexibility index (Phi) is 3.45. The fourth-order valence-corrected chi connectivity index (χ4v) is 7.76. The molecule has 11 rings (SSSR count). The van der Waals surface area contributed by atoms with E-state index in [1.807, 2.05) is 72.8 Å². The van der Waals surface area contributed by atoms with Crippen LogP contribution in [-0.4, -0.2) is 23.9 Å². The second-order valence-electron chi connectivity index (χ2n) is 11.4. The van der Waals surface area contributed by atoms with Crippen LogP contribution in [0.3, 0.4) is 0 Å². The number of pyridine rings is 2. The lowest BCUT2D eigenvalue weighted by Crippen LogP contribution is -2.14. The highest BCUT2D eigenvalue weighted by Gasteiger charge is 2.25. The van der Waals surface area contributed by atoms with Gasteiger partial charge in [-0.25, -0.2) is 9.97 Å². The predicted octanol–water partition coefficient (Wildman–Crippen LogP) is 6.95. The number of hydrogen-bond acceptors (Lipinski definition) is 5. The van der Waals surface area contributed by atoms with Crippen molar-refractivity contribution >= 4 is 98.0 Å². The molecular formula is C36H16N4O3. The fraction of sp³-hybridized carbons (Fsp3) is 0. The van der Waals surface area contributed by atoms with Gasteiger partial charge < -0.3 is 5.11 Å². The number of aromatic hydroxyl groups is 1. The smallest absolute Gasteiger partial charge is 0.264 e. The van der Waals surface area contributed by atoms with Gasteiger partial charge in [0.15, 0.2) is 0 Å². The van der Waals surface area contributed by atoms with E-state index in [0.29, 0.717) is 27.5 Å². The summed E-state index contributed by atoms with van der Waals surface area (Å²) >= 11 is 0. The Hall–Kier alpha value is -6.08. The number of imidazole rings is 2. The number of hydrogen-bond donors (Lipinski definition) is 1. The monoisotopic (exact) mass is 552 g/mol. The van der Waals surface area contributed by atoms with Crippen LogP contribution in [0.4, 0.5) is 0 Å². The molecule has 4 aromatic heterocycles. The van der Waals surface area contributed by atoms with Crippen LogP contribution in [0.5, 0.6) is 5.75 Å². The van der Waals surface area contributed by atoms with Gasteiger partial charge in [0.05, 0.1) is 27.5 Å². The van der Waals surface area contributed by atoms with Crippen molar-refractivity contribution in [2.24, 2.45) is 0 Å². The van der Waals surface area contributed by atoms with E-state index in [-0.39, 0.29) is 16.9 Å².